The molecule has 2 aromatic rings. The number of hydrogen-bond acceptors (Lipinski definition) is 4. The van der Waals surface area contributed by atoms with Gasteiger partial charge in [0.25, 0.3) is 0 Å². The molecule has 0 bridgehead atoms. The summed E-state index contributed by atoms with van der Waals surface area (Å²) in [4.78, 5) is 19.6. The van der Waals surface area contributed by atoms with Crippen LogP contribution in [0.2, 0.25) is 0 Å². The van der Waals surface area contributed by atoms with Gasteiger partial charge in [-0.2, -0.15) is 0 Å². The van der Waals surface area contributed by atoms with Crippen molar-refractivity contribution in [2.75, 3.05) is 45.8 Å². The van der Waals surface area contributed by atoms with Gasteiger partial charge in [0.15, 0.2) is 0 Å². The normalized spacial score (nSPS) is 23.4. The van der Waals surface area contributed by atoms with E-state index in [2.05, 4.69) is 66.1 Å². The molecule has 5 nitrogen and oxygen atoms in total. The molecule has 5 heteroatoms. The molecule has 1 atom stereocenters. The highest BCUT2D eigenvalue weighted by atomic mass is 16.2. The third-order valence-electron chi connectivity index (χ3n) is 6.75. The van der Waals surface area contributed by atoms with Gasteiger partial charge in [0.2, 0.25) is 5.91 Å². The van der Waals surface area contributed by atoms with Gasteiger partial charge >= 0.3 is 0 Å². The molecule has 0 radical (unpaired) electrons. The maximum absolute atomic E-state index is 12.8. The molecule has 2 aromatic carbocycles. The lowest BCUT2D eigenvalue weighted by Gasteiger charge is -2.43. The van der Waals surface area contributed by atoms with Crippen molar-refractivity contribution in [2.45, 2.75) is 32.9 Å². The summed E-state index contributed by atoms with van der Waals surface area (Å²) in [5.74, 6) is 0.265. The third kappa shape index (κ3) is 4.63. The standard InChI is InChI=1S/C24H34N4O/c1-24(2)18-27(11-10-22(24)25)17-23(29)28-14-12-26(13-15-28)16-20-8-5-7-19-6-3-4-9-21(19)20/h3-9,22H,10-18,25H2,1-2H3. The van der Waals surface area contributed by atoms with E-state index in [1.165, 1.54) is 16.3 Å². The molecule has 1 amide bonds. The van der Waals surface area contributed by atoms with E-state index in [4.69, 9.17) is 5.73 Å². The SMILES string of the molecule is CC1(C)CN(CC(=O)N2CCN(Cc3cccc4ccccc34)CC2)CCC1N. The number of amides is 1. The highest BCUT2D eigenvalue weighted by Crippen LogP contribution is 2.27. The van der Waals surface area contributed by atoms with Crippen LogP contribution in [0.3, 0.4) is 0 Å². The van der Waals surface area contributed by atoms with E-state index >= 15 is 0 Å². The van der Waals surface area contributed by atoms with E-state index in [1.54, 1.807) is 0 Å². The molecule has 2 heterocycles. The molecule has 2 aliphatic rings. The number of rotatable bonds is 4. The Balaban J connectivity index is 1.29. The highest BCUT2D eigenvalue weighted by Gasteiger charge is 2.34. The molecule has 2 N–H and O–H groups in total. The van der Waals surface area contributed by atoms with E-state index in [-0.39, 0.29) is 17.4 Å². The maximum atomic E-state index is 12.8. The molecule has 29 heavy (non-hydrogen) atoms. The van der Waals surface area contributed by atoms with Crippen molar-refractivity contribution in [1.82, 2.24) is 14.7 Å². The number of hydrogen-bond donors (Lipinski definition) is 1. The Morgan fingerprint density at radius 3 is 2.48 bits per heavy atom. The molecule has 0 aromatic heterocycles. The van der Waals surface area contributed by atoms with Crippen molar-refractivity contribution >= 4 is 16.7 Å². The lowest BCUT2D eigenvalue weighted by molar-refractivity contribution is -0.135. The summed E-state index contributed by atoms with van der Waals surface area (Å²) in [6.45, 7) is 11.2. The molecular weight excluding hydrogens is 360 g/mol. The predicted molar refractivity (Wildman–Crippen MR) is 119 cm³/mol. The third-order valence-corrected chi connectivity index (χ3v) is 6.75. The fourth-order valence-corrected chi connectivity index (χ4v) is 4.74. The second-order valence-corrected chi connectivity index (χ2v) is 9.39. The number of likely N-dealkylation sites (tertiary alicyclic amines) is 1. The number of carbonyl (C=O) groups is 1. The van der Waals surface area contributed by atoms with Crippen LogP contribution in [-0.4, -0.2) is 72.5 Å². The number of piperazine rings is 1. The Labute approximate surface area is 174 Å². The van der Waals surface area contributed by atoms with Crippen LogP contribution in [0, 0.1) is 5.41 Å². The average Bonchev–Trinajstić information content (AvgIpc) is 2.71. The van der Waals surface area contributed by atoms with Crippen molar-refractivity contribution in [3.05, 3.63) is 48.0 Å². The average molecular weight is 395 g/mol. The summed E-state index contributed by atoms with van der Waals surface area (Å²) in [7, 11) is 0. The van der Waals surface area contributed by atoms with Crippen molar-refractivity contribution < 1.29 is 4.79 Å². The van der Waals surface area contributed by atoms with Crippen LogP contribution in [0.15, 0.2) is 42.5 Å². The van der Waals surface area contributed by atoms with Crippen LogP contribution in [0.25, 0.3) is 10.8 Å². The van der Waals surface area contributed by atoms with Crippen LogP contribution in [0.1, 0.15) is 25.8 Å². The first-order valence-electron chi connectivity index (χ1n) is 10.9. The first-order chi connectivity index (χ1) is 13.9. The van der Waals surface area contributed by atoms with Gasteiger partial charge in [-0.1, -0.05) is 56.3 Å². The molecule has 0 spiro atoms. The Kier molecular flexibility index (Phi) is 5.91. The van der Waals surface area contributed by atoms with Gasteiger partial charge in [-0.15, -0.1) is 0 Å². The van der Waals surface area contributed by atoms with Gasteiger partial charge in [-0.25, -0.2) is 0 Å². The second-order valence-electron chi connectivity index (χ2n) is 9.39. The first-order valence-corrected chi connectivity index (χ1v) is 10.9. The molecule has 1 unspecified atom stereocenters. The van der Waals surface area contributed by atoms with Crippen LogP contribution in [0.4, 0.5) is 0 Å². The Hall–Kier alpha value is -1.95. The van der Waals surface area contributed by atoms with E-state index in [0.29, 0.717) is 6.54 Å². The zero-order valence-electron chi connectivity index (χ0n) is 17.8. The minimum Gasteiger partial charge on any atom is -0.339 e. The Bertz CT molecular complexity index is 852. The molecule has 156 valence electrons. The van der Waals surface area contributed by atoms with E-state index in [0.717, 1.165) is 52.2 Å². The number of piperidine rings is 1. The lowest BCUT2D eigenvalue weighted by atomic mass is 9.80. The summed E-state index contributed by atoms with van der Waals surface area (Å²) < 4.78 is 0. The number of benzene rings is 2. The summed E-state index contributed by atoms with van der Waals surface area (Å²) in [5, 5.41) is 2.63. The fourth-order valence-electron chi connectivity index (χ4n) is 4.74. The van der Waals surface area contributed by atoms with Gasteiger partial charge in [0, 0.05) is 51.9 Å². The first kappa shape index (κ1) is 20.3. The second kappa shape index (κ2) is 8.42. The fraction of sp³-hybridized carbons (Fsp3) is 0.542. The van der Waals surface area contributed by atoms with E-state index in [1.807, 2.05) is 4.90 Å². The zero-order valence-corrected chi connectivity index (χ0v) is 17.8. The van der Waals surface area contributed by atoms with E-state index < -0.39 is 0 Å². The van der Waals surface area contributed by atoms with Crippen molar-refractivity contribution in [1.29, 1.82) is 0 Å². The lowest BCUT2D eigenvalue weighted by Crippen LogP contribution is -2.56. The molecule has 2 aliphatic heterocycles. The summed E-state index contributed by atoms with van der Waals surface area (Å²) >= 11 is 0. The minimum atomic E-state index is 0.0791. The Morgan fingerprint density at radius 2 is 1.72 bits per heavy atom. The molecule has 4 rings (SSSR count). The number of nitrogens with zero attached hydrogens (tertiary/aromatic N) is 3. The quantitative estimate of drug-likeness (QED) is 0.866. The van der Waals surface area contributed by atoms with Crippen LogP contribution in [0.5, 0.6) is 0 Å². The van der Waals surface area contributed by atoms with Crippen LogP contribution >= 0.6 is 0 Å². The molecule has 0 saturated carbocycles. The highest BCUT2D eigenvalue weighted by molar-refractivity contribution is 5.85. The van der Waals surface area contributed by atoms with Crippen molar-refractivity contribution in [2.24, 2.45) is 11.1 Å². The van der Waals surface area contributed by atoms with Crippen LogP contribution in [-0.2, 0) is 11.3 Å². The number of carbonyl (C=O) groups excluding carboxylic acids is 1. The number of nitrogens with two attached hydrogens (primary N) is 1. The van der Waals surface area contributed by atoms with Crippen molar-refractivity contribution in [3.8, 4) is 0 Å². The Morgan fingerprint density at radius 1 is 1.00 bits per heavy atom. The molecular formula is C24H34N4O. The summed E-state index contributed by atoms with van der Waals surface area (Å²) in [5.41, 5.74) is 7.68. The van der Waals surface area contributed by atoms with Crippen LogP contribution < -0.4 is 5.73 Å². The van der Waals surface area contributed by atoms with E-state index in [9.17, 15) is 4.79 Å². The topological polar surface area (TPSA) is 52.8 Å². The maximum Gasteiger partial charge on any atom is 0.236 e. The largest absolute Gasteiger partial charge is 0.339 e. The molecule has 0 aliphatic carbocycles. The molecule has 2 fully saturated rings. The van der Waals surface area contributed by atoms with Gasteiger partial charge in [-0.05, 0) is 28.2 Å². The van der Waals surface area contributed by atoms with Crippen molar-refractivity contribution in [3.63, 3.8) is 0 Å². The van der Waals surface area contributed by atoms with Gasteiger partial charge in [0.1, 0.15) is 0 Å². The van der Waals surface area contributed by atoms with Gasteiger partial charge < -0.3 is 10.6 Å². The molecule has 2 saturated heterocycles. The smallest absolute Gasteiger partial charge is 0.236 e. The van der Waals surface area contributed by atoms with Gasteiger partial charge in [0.05, 0.1) is 6.54 Å². The minimum absolute atomic E-state index is 0.0791. The predicted octanol–water partition coefficient (Wildman–Crippen LogP) is 2.54. The monoisotopic (exact) mass is 394 g/mol. The van der Waals surface area contributed by atoms with Gasteiger partial charge in [-0.3, -0.25) is 14.6 Å². The summed E-state index contributed by atoms with van der Waals surface area (Å²) in [6, 6.07) is 15.3. The summed E-state index contributed by atoms with van der Waals surface area (Å²) in [6.07, 6.45) is 0.971. The number of fused-ring (bicyclic) bond motifs is 1. The zero-order chi connectivity index (χ0) is 20.4.